The number of fused-ring (bicyclic) bond motifs is 1. The topological polar surface area (TPSA) is 80.8 Å². The van der Waals surface area contributed by atoms with Crippen LogP contribution in [0, 0.1) is 0 Å². The highest BCUT2D eigenvalue weighted by molar-refractivity contribution is 7.14. The van der Waals surface area contributed by atoms with Crippen LogP contribution in [0.4, 0.5) is 10.8 Å². The van der Waals surface area contributed by atoms with Gasteiger partial charge in [0.1, 0.15) is 11.5 Å². The van der Waals surface area contributed by atoms with E-state index in [0.717, 1.165) is 29.1 Å². The van der Waals surface area contributed by atoms with E-state index in [9.17, 15) is 9.59 Å². The van der Waals surface area contributed by atoms with Gasteiger partial charge in [0, 0.05) is 23.9 Å². The van der Waals surface area contributed by atoms with E-state index >= 15 is 0 Å². The lowest BCUT2D eigenvalue weighted by Crippen LogP contribution is -2.39. The summed E-state index contributed by atoms with van der Waals surface area (Å²) in [5.74, 6) is 1.36. The first-order chi connectivity index (χ1) is 15.6. The fourth-order valence-electron chi connectivity index (χ4n) is 3.42. The number of amides is 2. The third-order valence-electron chi connectivity index (χ3n) is 4.96. The number of nitrogens with zero attached hydrogens (tertiary/aromatic N) is 2. The van der Waals surface area contributed by atoms with Crippen molar-refractivity contribution in [1.29, 1.82) is 0 Å². The molecule has 3 aromatic rings. The maximum absolute atomic E-state index is 12.3. The average molecular weight is 452 g/mol. The van der Waals surface area contributed by atoms with Gasteiger partial charge < -0.3 is 19.7 Å². The second-order valence-corrected chi connectivity index (χ2v) is 8.23. The molecule has 0 bridgehead atoms. The number of hydrogen-bond acceptors (Lipinski definition) is 6. The van der Waals surface area contributed by atoms with Gasteiger partial charge >= 0.3 is 0 Å². The molecule has 7 nitrogen and oxygen atoms in total. The molecule has 0 fully saturated rings. The van der Waals surface area contributed by atoms with Crippen molar-refractivity contribution in [3.63, 3.8) is 0 Å². The van der Waals surface area contributed by atoms with Crippen molar-refractivity contribution in [1.82, 2.24) is 4.98 Å². The normalized spacial score (nSPS) is 12.8. The molecule has 2 amide bonds. The number of ether oxygens (including phenoxy) is 2. The average Bonchev–Trinajstić information content (AvgIpc) is 3.27. The molecular weight excluding hydrogens is 426 g/mol. The number of rotatable bonds is 9. The maximum atomic E-state index is 12.3. The van der Waals surface area contributed by atoms with Gasteiger partial charge in [-0.1, -0.05) is 25.1 Å². The van der Waals surface area contributed by atoms with E-state index in [1.54, 1.807) is 4.90 Å². The summed E-state index contributed by atoms with van der Waals surface area (Å²) in [7, 11) is 0. The van der Waals surface area contributed by atoms with E-state index in [0.29, 0.717) is 36.9 Å². The van der Waals surface area contributed by atoms with E-state index < -0.39 is 0 Å². The monoisotopic (exact) mass is 451 g/mol. The third kappa shape index (κ3) is 5.26. The van der Waals surface area contributed by atoms with E-state index in [1.165, 1.54) is 11.3 Å². The van der Waals surface area contributed by atoms with Gasteiger partial charge in [0.05, 0.1) is 18.0 Å². The van der Waals surface area contributed by atoms with Crippen molar-refractivity contribution >= 4 is 34.0 Å². The smallest absolute Gasteiger partial charge is 0.265 e. The van der Waals surface area contributed by atoms with E-state index in [1.807, 2.05) is 60.8 Å². The minimum absolute atomic E-state index is 0.0426. The van der Waals surface area contributed by atoms with Crippen LogP contribution >= 0.6 is 11.3 Å². The second-order valence-electron chi connectivity index (χ2n) is 7.37. The standard InChI is InChI=1S/C24H25N3O4S/c1-2-12-27-20-14-17(10-11-21(20)31-15-23(27)29)19-16-32-24(25-19)26-22(28)9-6-13-30-18-7-4-3-5-8-18/h3-5,7-8,10-11,14,16H,2,6,9,12-13,15H2,1H3,(H,25,26,28). The number of benzene rings is 2. The molecule has 0 spiro atoms. The van der Waals surface area contributed by atoms with Crippen LogP contribution in [0.3, 0.4) is 0 Å². The predicted octanol–water partition coefficient (Wildman–Crippen LogP) is 4.74. The summed E-state index contributed by atoms with van der Waals surface area (Å²) in [4.78, 5) is 30.8. The van der Waals surface area contributed by atoms with Crippen molar-refractivity contribution in [2.75, 3.05) is 30.0 Å². The van der Waals surface area contributed by atoms with Gasteiger partial charge in [0.15, 0.2) is 11.7 Å². The van der Waals surface area contributed by atoms with Crippen molar-refractivity contribution < 1.29 is 19.1 Å². The number of aromatic nitrogens is 1. The highest BCUT2D eigenvalue weighted by Crippen LogP contribution is 2.36. The van der Waals surface area contributed by atoms with E-state index in [-0.39, 0.29) is 18.4 Å². The van der Waals surface area contributed by atoms with Crippen LogP contribution in [-0.4, -0.2) is 36.6 Å². The van der Waals surface area contributed by atoms with Crippen LogP contribution < -0.4 is 19.7 Å². The fourth-order valence-corrected chi connectivity index (χ4v) is 4.15. The molecule has 1 N–H and O–H groups in total. The van der Waals surface area contributed by atoms with Crippen LogP contribution in [0.2, 0.25) is 0 Å². The zero-order chi connectivity index (χ0) is 22.3. The first-order valence-corrected chi connectivity index (χ1v) is 11.5. The third-order valence-corrected chi connectivity index (χ3v) is 5.71. The highest BCUT2D eigenvalue weighted by atomic mass is 32.1. The molecule has 4 rings (SSSR count). The lowest BCUT2D eigenvalue weighted by atomic mass is 10.1. The number of hydrogen-bond donors (Lipinski definition) is 1. The summed E-state index contributed by atoms with van der Waals surface area (Å²) in [5.41, 5.74) is 2.38. The molecule has 0 saturated carbocycles. The van der Waals surface area contributed by atoms with Crippen LogP contribution in [0.5, 0.6) is 11.5 Å². The summed E-state index contributed by atoms with van der Waals surface area (Å²) >= 11 is 1.37. The largest absolute Gasteiger partial charge is 0.494 e. The van der Waals surface area contributed by atoms with Gasteiger partial charge in [0.25, 0.3) is 5.91 Å². The number of anilines is 2. The minimum Gasteiger partial charge on any atom is -0.494 e. The van der Waals surface area contributed by atoms with Crippen molar-refractivity contribution in [2.45, 2.75) is 26.2 Å². The summed E-state index contributed by atoms with van der Waals surface area (Å²) in [6.45, 7) is 3.22. The van der Waals surface area contributed by atoms with Gasteiger partial charge in [-0.25, -0.2) is 4.98 Å². The zero-order valence-corrected chi connectivity index (χ0v) is 18.7. The Morgan fingerprint density at radius 3 is 2.91 bits per heavy atom. The number of nitrogens with one attached hydrogen (secondary N) is 1. The van der Waals surface area contributed by atoms with E-state index in [2.05, 4.69) is 10.3 Å². The molecule has 2 heterocycles. The Kier molecular flexibility index (Phi) is 7.01. The Hall–Kier alpha value is -3.39. The molecule has 0 saturated heterocycles. The predicted molar refractivity (Wildman–Crippen MR) is 125 cm³/mol. The molecule has 0 unspecified atom stereocenters. The Labute approximate surface area is 191 Å². The molecule has 166 valence electrons. The van der Waals surface area contributed by atoms with Crippen molar-refractivity contribution in [3.05, 3.63) is 53.9 Å². The number of para-hydroxylation sites is 1. The van der Waals surface area contributed by atoms with Crippen molar-refractivity contribution in [3.8, 4) is 22.8 Å². The van der Waals surface area contributed by atoms with Gasteiger partial charge in [-0.2, -0.15) is 0 Å². The van der Waals surface area contributed by atoms with Gasteiger partial charge in [-0.15, -0.1) is 11.3 Å². The molecule has 32 heavy (non-hydrogen) atoms. The number of carbonyl (C=O) groups excluding carboxylic acids is 2. The SMILES string of the molecule is CCCN1C(=O)COc2ccc(-c3csc(NC(=O)CCCOc4ccccc4)n3)cc21. The van der Waals surface area contributed by atoms with Gasteiger partial charge in [-0.3, -0.25) is 9.59 Å². The molecule has 1 aliphatic heterocycles. The van der Waals surface area contributed by atoms with Crippen LogP contribution in [0.15, 0.2) is 53.9 Å². The summed E-state index contributed by atoms with van der Waals surface area (Å²) in [6.07, 6.45) is 1.83. The Morgan fingerprint density at radius 2 is 2.09 bits per heavy atom. The summed E-state index contributed by atoms with van der Waals surface area (Å²) in [6, 6.07) is 15.2. The molecule has 0 atom stereocenters. The molecular formula is C24H25N3O4S. The van der Waals surface area contributed by atoms with Crippen LogP contribution in [0.1, 0.15) is 26.2 Å². The highest BCUT2D eigenvalue weighted by Gasteiger charge is 2.25. The van der Waals surface area contributed by atoms with Gasteiger partial charge in [-0.05, 0) is 43.2 Å². The zero-order valence-electron chi connectivity index (χ0n) is 17.9. The van der Waals surface area contributed by atoms with E-state index in [4.69, 9.17) is 9.47 Å². The molecule has 1 aromatic heterocycles. The first-order valence-electron chi connectivity index (χ1n) is 10.6. The second kappa shape index (κ2) is 10.3. The Balaban J connectivity index is 1.34. The maximum Gasteiger partial charge on any atom is 0.265 e. The van der Waals surface area contributed by atoms with Crippen LogP contribution in [0.25, 0.3) is 11.3 Å². The minimum atomic E-state index is -0.0962. The molecule has 0 radical (unpaired) electrons. The Bertz CT molecular complexity index is 1080. The number of thiazole rings is 1. The van der Waals surface area contributed by atoms with Gasteiger partial charge in [0.2, 0.25) is 5.91 Å². The first kappa shape index (κ1) is 21.8. The fraction of sp³-hybridized carbons (Fsp3) is 0.292. The molecule has 1 aliphatic rings. The molecule has 2 aromatic carbocycles. The van der Waals surface area contributed by atoms with Crippen molar-refractivity contribution in [2.24, 2.45) is 0 Å². The number of carbonyl (C=O) groups is 2. The lowest BCUT2D eigenvalue weighted by Gasteiger charge is -2.29. The Morgan fingerprint density at radius 1 is 1.25 bits per heavy atom. The van der Waals surface area contributed by atoms with Crippen LogP contribution in [-0.2, 0) is 9.59 Å². The molecule has 8 heteroatoms. The quantitative estimate of drug-likeness (QED) is 0.475. The lowest BCUT2D eigenvalue weighted by molar-refractivity contribution is -0.121. The summed E-state index contributed by atoms with van der Waals surface area (Å²) in [5, 5.41) is 5.29. The molecule has 0 aliphatic carbocycles. The summed E-state index contributed by atoms with van der Waals surface area (Å²) < 4.78 is 11.2.